The number of hydrogen-bond acceptors (Lipinski definition) is 5. The predicted octanol–water partition coefficient (Wildman–Crippen LogP) is 2.72. The van der Waals surface area contributed by atoms with Gasteiger partial charge in [-0.15, -0.1) is 0 Å². The topological polar surface area (TPSA) is 41.5 Å². The molecule has 0 radical (unpaired) electrons. The van der Waals surface area contributed by atoms with Crippen LogP contribution < -0.4 is 9.80 Å². The molecule has 3 rings (SSSR count). The van der Waals surface area contributed by atoms with Gasteiger partial charge in [-0.1, -0.05) is 13.8 Å². The highest BCUT2D eigenvalue weighted by Gasteiger charge is 2.22. The normalized spacial score (nSPS) is 20.1. The van der Waals surface area contributed by atoms with Crippen molar-refractivity contribution in [2.75, 3.05) is 42.6 Å². The molecule has 22 heavy (non-hydrogen) atoms. The van der Waals surface area contributed by atoms with Gasteiger partial charge in [0.05, 0.1) is 6.10 Å². The minimum absolute atomic E-state index is 0.415. The van der Waals surface area contributed by atoms with Gasteiger partial charge in [0.1, 0.15) is 18.0 Å². The molecule has 5 nitrogen and oxygen atoms in total. The fourth-order valence-electron chi connectivity index (χ4n) is 3.21. The van der Waals surface area contributed by atoms with E-state index in [1.54, 1.807) is 6.33 Å². The Bertz CT molecular complexity index is 465. The molecule has 2 aliphatic heterocycles. The molecule has 0 bridgehead atoms. The third-order valence-electron chi connectivity index (χ3n) is 4.50. The fraction of sp³-hybridized carbons (Fsp3) is 0.765. The van der Waals surface area contributed by atoms with Crippen LogP contribution in [0, 0.1) is 5.92 Å². The molecule has 0 aliphatic carbocycles. The van der Waals surface area contributed by atoms with E-state index in [0.29, 0.717) is 12.0 Å². The summed E-state index contributed by atoms with van der Waals surface area (Å²) in [5, 5.41) is 0. The summed E-state index contributed by atoms with van der Waals surface area (Å²) in [6.45, 7) is 9.59. The molecule has 1 aromatic rings. The van der Waals surface area contributed by atoms with Crippen LogP contribution in [0.2, 0.25) is 0 Å². The summed E-state index contributed by atoms with van der Waals surface area (Å²) < 4.78 is 5.97. The van der Waals surface area contributed by atoms with Gasteiger partial charge in [-0.2, -0.15) is 0 Å². The molecule has 0 atom stereocenters. The first kappa shape index (κ1) is 15.5. The van der Waals surface area contributed by atoms with E-state index < -0.39 is 0 Å². The third-order valence-corrected chi connectivity index (χ3v) is 4.50. The van der Waals surface area contributed by atoms with E-state index in [0.717, 1.165) is 57.3 Å². The van der Waals surface area contributed by atoms with E-state index in [-0.39, 0.29) is 0 Å². The Hall–Kier alpha value is -1.36. The van der Waals surface area contributed by atoms with Gasteiger partial charge in [0.2, 0.25) is 0 Å². The Balaban J connectivity index is 1.55. The van der Waals surface area contributed by atoms with Crippen molar-refractivity contribution >= 4 is 11.6 Å². The molecule has 0 N–H and O–H groups in total. The van der Waals surface area contributed by atoms with Gasteiger partial charge in [-0.3, -0.25) is 0 Å². The van der Waals surface area contributed by atoms with Crippen molar-refractivity contribution in [1.82, 2.24) is 9.97 Å². The van der Waals surface area contributed by atoms with Crippen LogP contribution in [0.25, 0.3) is 0 Å². The average molecular weight is 304 g/mol. The Kier molecular flexibility index (Phi) is 5.13. The molecule has 122 valence electrons. The van der Waals surface area contributed by atoms with Crippen LogP contribution in [0.3, 0.4) is 0 Å². The number of rotatable bonds is 5. The first-order valence-corrected chi connectivity index (χ1v) is 8.66. The number of piperidine rings is 1. The van der Waals surface area contributed by atoms with Crippen molar-refractivity contribution in [3.63, 3.8) is 0 Å². The van der Waals surface area contributed by atoms with Gasteiger partial charge < -0.3 is 14.5 Å². The van der Waals surface area contributed by atoms with E-state index in [1.165, 1.54) is 12.8 Å². The highest BCUT2D eigenvalue weighted by Crippen LogP contribution is 2.24. The number of hydrogen-bond donors (Lipinski definition) is 0. The molecule has 0 amide bonds. The summed E-state index contributed by atoms with van der Waals surface area (Å²) in [6, 6.07) is 2.15. The number of aromatic nitrogens is 2. The summed E-state index contributed by atoms with van der Waals surface area (Å²) in [6.07, 6.45) is 6.87. The molecule has 2 saturated heterocycles. The van der Waals surface area contributed by atoms with Crippen molar-refractivity contribution < 1.29 is 4.74 Å². The molecular weight excluding hydrogens is 276 g/mol. The van der Waals surface area contributed by atoms with Crippen molar-refractivity contribution in [1.29, 1.82) is 0 Å². The second kappa shape index (κ2) is 7.27. The van der Waals surface area contributed by atoms with E-state index in [1.807, 2.05) is 0 Å². The predicted molar refractivity (Wildman–Crippen MR) is 89.5 cm³/mol. The van der Waals surface area contributed by atoms with Gasteiger partial charge >= 0.3 is 0 Å². The summed E-state index contributed by atoms with van der Waals surface area (Å²) in [5.74, 6) is 2.77. The number of nitrogens with zero attached hydrogens (tertiary/aromatic N) is 4. The van der Waals surface area contributed by atoms with Crippen LogP contribution in [0.4, 0.5) is 11.6 Å². The largest absolute Gasteiger partial charge is 0.378 e. The minimum Gasteiger partial charge on any atom is -0.378 e. The zero-order valence-corrected chi connectivity index (χ0v) is 13.9. The molecule has 0 saturated carbocycles. The SMILES string of the molecule is CC(C)COC1CCN(c2cc(N3CCCC3)ncn2)CC1. The standard InChI is InChI=1S/C17H28N4O/c1-14(2)12-22-15-5-9-21(10-6-15)17-11-16(18-13-19-17)20-7-3-4-8-20/h11,13-15H,3-10,12H2,1-2H3. The molecule has 0 spiro atoms. The Morgan fingerprint density at radius 1 is 1.05 bits per heavy atom. The highest BCUT2D eigenvalue weighted by molar-refractivity contribution is 5.50. The average Bonchev–Trinajstić information content (AvgIpc) is 3.08. The van der Waals surface area contributed by atoms with Gasteiger partial charge in [0.15, 0.2) is 0 Å². The van der Waals surface area contributed by atoms with Crippen LogP contribution in [0.5, 0.6) is 0 Å². The summed E-state index contributed by atoms with van der Waals surface area (Å²) in [4.78, 5) is 13.7. The monoisotopic (exact) mass is 304 g/mol. The summed E-state index contributed by atoms with van der Waals surface area (Å²) >= 11 is 0. The molecule has 0 aromatic carbocycles. The van der Waals surface area contributed by atoms with Crippen molar-refractivity contribution in [2.45, 2.75) is 45.6 Å². The van der Waals surface area contributed by atoms with E-state index in [2.05, 4.69) is 39.7 Å². The zero-order chi connectivity index (χ0) is 15.4. The second-order valence-electron chi connectivity index (χ2n) is 6.84. The lowest BCUT2D eigenvalue weighted by molar-refractivity contribution is 0.0214. The Morgan fingerprint density at radius 2 is 1.64 bits per heavy atom. The van der Waals surface area contributed by atoms with Crippen LogP contribution in [0.1, 0.15) is 39.5 Å². The maximum atomic E-state index is 5.97. The summed E-state index contributed by atoms with van der Waals surface area (Å²) in [5.41, 5.74) is 0. The van der Waals surface area contributed by atoms with Gasteiger partial charge in [0, 0.05) is 38.9 Å². The molecule has 1 aromatic heterocycles. The maximum Gasteiger partial charge on any atom is 0.134 e. The van der Waals surface area contributed by atoms with Crippen molar-refractivity contribution in [2.24, 2.45) is 5.92 Å². The molecule has 3 heterocycles. The zero-order valence-electron chi connectivity index (χ0n) is 13.9. The van der Waals surface area contributed by atoms with Crippen LogP contribution in [0.15, 0.2) is 12.4 Å². The molecule has 5 heteroatoms. The smallest absolute Gasteiger partial charge is 0.134 e. The molecule has 2 aliphatic rings. The first-order valence-electron chi connectivity index (χ1n) is 8.66. The number of anilines is 2. The Morgan fingerprint density at radius 3 is 2.23 bits per heavy atom. The minimum atomic E-state index is 0.415. The van der Waals surface area contributed by atoms with Crippen LogP contribution in [-0.4, -0.2) is 48.9 Å². The molecule has 2 fully saturated rings. The summed E-state index contributed by atoms with van der Waals surface area (Å²) in [7, 11) is 0. The lowest BCUT2D eigenvalue weighted by atomic mass is 10.1. The molecular formula is C17H28N4O. The van der Waals surface area contributed by atoms with Crippen LogP contribution in [-0.2, 0) is 4.74 Å². The van der Waals surface area contributed by atoms with E-state index in [9.17, 15) is 0 Å². The first-order chi connectivity index (χ1) is 10.7. The molecule has 0 unspecified atom stereocenters. The lowest BCUT2D eigenvalue weighted by Gasteiger charge is -2.33. The maximum absolute atomic E-state index is 5.97. The van der Waals surface area contributed by atoms with Gasteiger partial charge in [-0.25, -0.2) is 9.97 Å². The van der Waals surface area contributed by atoms with E-state index >= 15 is 0 Å². The van der Waals surface area contributed by atoms with Crippen LogP contribution >= 0.6 is 0 Å². The quantitative estimate of drug-likeness (QED) is 0.836. The lowest BCUT2D eigenvalue weighted by Crippen LogP contribution is -2.38. The second-order valence-corrected chi connectivity index (χ2v) is 6.84. The van der Waals surface area contributed by atoms with Gasteiger partial charge in [-0.05, 0) is 31.6 Å². The van der Waals surface area contributed by atoms with Gasteiger partial charge in [0.25, 0.3) is 0 Å². The highest BCUT2D eigenvalue weighted by atomic mass is 16.5. The number of ether oxygens (including phenoxy) is 1. The Labute approximate surface area is 133 Å². The van der Waals surface area contributed by atoms with Crippen molar-refractivity contribution in [3.8, 4) is 0 Å². The third kappa shape index (κ3) is 3.88. The van der Waals surface area contributed by atoms with Crippen molar-refractivity contribution in [3.05, 3.63) is 12.4 Å². The fourth-order valence-corrected chi connectivity index (χ4v) is 3.21. The van der Waals surface area contributed by atoms with E-state index in [4.69, 9.17) is 4.74 Å².